The number of halogens is 1. The minimum Gasteiger partial charge on any atom is -0.495 e. The Bertz CT molecular complexity index is 1070. The molecule has 5 nitrogen and oxygen atoms in total. The van der Waals surface area contributed by atoms with E-state index in [1.807, 2.05) is 54.6 Å². The van der Waals surface area contributed by atoms with Crippen LogP contribution in [0.15, 0.2) is 77.7 Å². The Morgan fingerprint density at radius 2 is 1.67 bits per heavy atom. The van der Waals surface area contributed by atoms with Crippen LogP contribution in [0.2, 0.25) is 5.02 Å². The van der Waals surface area contributed by atoms with Crippen LogP contribution in [-0.2, 0) is 9.59 Å². The summed E-state index contributed by atoms with van der Waals surface area (Å²) in [6.07, 6.45) is 2.36. The molecule has 0 aromatic heterocycles. The van der Waals surface area contributed by atoms with Gasteiger partial charge in [-0.25, -0.2) is 0 Å². The number of carbonyl (C=O) groups is 2. The third kappa shape index (κ3) is 7.27. The normalized spacial score (nSPS) is 11.5. The topological polar surface area (TPSA) is 67.4 Å². The molecule has 0 heterocycles. The van der Waals surface area contributed by atoms with Crippen LogP contribution in [0.1, 0.15) is 37.0 Å². The van der Waals surface area contributed by atoms with Gasteiger partial charge in [0.1, 0.15) is 11.0 Å². The number of benzene rings is 3. The standard InChI is InChI=1S/C26H27ClN2O3S/c1-3-4-10-24(30)28-19-11-14-21(15-12-19)33-25(18-8-6-5-7-9-18)26(31)29-20-13-16-23(32-2)22(27)17-20/h5-9,11-17,25H,3-4,10H2,1-2H3,(H,28,30)(H,29,31). The summed E-state index contributed by atoms with van der Waals surface area (Å²) in [6, 6.07) is 22.3. The summed E-state index contributed by atoms with van der Waals surface area (Å²) < 4.78 is 5.18. The van der Waals surface area contributed by atoms with Gasteiger partial charge in [-0.15, -0.1) is 11.8 Å². The van der Waals surface area contributed by atoms with E-state index in [9.17, 15) is 9.59 Å². The summed E-state index contributed by atoms with van der Waals surface area (Å²) >= 11 is 7.65. The fourth-order valence-electron chi connectivity index (χ4n) is 3.17. The summed E-state index contributed by atoms with van der Waals surface area (Å²) in [5.74, 6) is 0.395. The van der Waals surface area contributed by atoms with Crippen LogP contribution < -0.4 is 15.4 Å². The molecule has 0 bridgehead atoms. The van der Waals surface area contributed by atoms with Crippen LogP contribution in [0, 0.1) is 0 Å². The highest BCUT2D eigenvalue weighted by Gasteiger charge is 2.22. The Kier molecular flexibility index (Phi) is 9.22. The maximum Gasteiger partial charge on any atom is 0.242 e. The first-order chi connectivity index (χ1) is 16.0. The van der Waals surface area contributed by atoms with E-state index in [-0.39, 0.29) is 11.8 Å². The third-order valence-electron chi connectivity index (χ3n) is 4.91. The van der Waals surface area contributed by atoms with Crippen molar-refractivity contribution in [3.05, 3.63) is 83.4 Å². The molecule has 3 aromatic carbocycles. The number of anilines is 2. The monoisotopic (exact) mass is 482 g/mol. The van der Waals surface area contributed by atoms with E-state index >= 15 is 0 Å². The molecular formula is C26H27ClN2O3S. The van der Waals surface area contributed by atoms with Gasteiger partial charge in [-0.3, -0.25) is 9.59 Å². The van der Waals surface area contributed by atoms with Crippen LogP contribution in [0.25, 0.3) is 0 Å². The lowest BCUT2D eigenvalue weighted by Crippen LogP contribution is -2.19. The molecule has 0 saturated carbocycles. The van der Waals surface area contributed by atoms with Gasteiger partial charge in [-0.1, -0.05) is 55.3 Å². The Labute approximate surface area is 203 Å². The summed E-state index contributed by atoms with van der Waals surface area (Å²) in [5, 5.41) is 5.81. The SMILES string of the molecule is CCCCC(=O)Nc1ccc(SC(C(=O)Nc2ccc(OC)c(Cl)c2)c2ccccc2)cc1. The van der Waals surface area contributed by atoms with Gasteiger partial charge in [0.2, 0.25) is 11.8 Å². The van der Waals surface area contributed by atoms with Gasteiger partial charge < -0.3 is 15.4 Å². The Morgan fingerprint density at radius 3 is 2.30 bits per heavy atom. The molecule has 2 N–H and O–H groups in total. The predicted octanol–water partition coefficient (Wildman–Crippen LogP) is 6.95. The fourth-order valence-corrected chi connectivity index (χ4v) is 4.45. The first kappa shape index (κ1) is 24.7. The van der Waals surface area contributed by atoms with Crippen LogP contribution in [0.4, 0.5) is 11.4 Å². The number of thioether (sulfide) groups is 1. The second-order valence-corrected chi connectivity index (χ2v) is 9.01. The van der Waals surface area contributed by atoms with Gasteiger partial charge in [-0.05, 0) is 54.4 Å². The molecule has 2 amide bonds. The second kappa shape index (κ2) is 12.3. The molecule has 0 radical (unpaired) electrons. The first-order valence-electron chi connectivity index (χ1n) is 10.8. The molecule has 3 rings (SSSR count). The summed E-state index contributed by atoms with van der Waals surface area (Å²) in [4.78, 5) is 26.1. The molecule has 0 aliphatic rings. The van der Waals surface area contributed by atoms with Crippen LogP contribution in [0.3, 0.4) is 0 Å². The number of ether oxygens (including phenoxy) is 1. The minimum absolute atomic E-state index is 0.0111. The number of amides is 2. The maximum absolute atomic E-state index is 13.2. The first-order valence-corrected chi connectivity index (χ1v) is 12.0. The number of methoxy groups -OCH3 is 1. The van der Waals surface area contributed by atoms with Crippen LogP contribution in [-0.4, -0.2) is 18.9 Å². The molecule has 3 aromatic rings. The van der Waals surface area contributed by atoms with E-state index < -0.39 is 5.25 Å². The molecule has 0 fully saturated rings. The molecule has 1 unspecified atom stereocenters. The van der Waals surface area contributed by atoms with E-state index in [1.54, 1.807) is 25.3 Å². The Hall–Kier alpha value is -2.96. The smallest absolute Gasteiger partial charge is 0.242 e. The molecule has 7 heteroatoms. The average molecular weight is 483 g/mol. The quantitative estimate of drug-likeness (QED) is 0.307. The molecule has 0 spiro atoms. The fraction of sp³-hybridized carbons (Fsp3) is 0.231. The molecule has 0 saturated heterocycles. The Morgan fingerprint density at radius 1 is 0.970 bits per heavy atom. The maximum atomic E-state index is 13.2. The van der Waals surface area contributed by atoms with Gasteiger partial charge in [-0.2, -0.15) is 0 Å². The van der Waals surface area contributed by atoms with Crippen molar-refractivity contribution in [1.29, 1.82) is 0 Å². The van der Waals surface area contributed by atoms with Crippen molar-refractivity contribution in [2.45, 2.75) is 36.3 Å². The lowest BCUT2D eigenvalue weighted by atomic mass is 10.1. The number of hydrogen-bond acceptors (Lipinski definition) is 4. The zero-order chi connectivity index (χ0) is 23.6. The number of rotatable bonds is 10. The highest BCUT2D eigenvalue weighted by atomic mass is 35.5. The van der Waals surface area contributed by atoms with Gasteiger partial charge in [0.05, 0.1) is 12.1 Å². The average Bonchev–Trinajstić information content (AvgIpc) is 2.83. The van der Waals surface area contributed by atoms with Crippen molar-refractivity contribution < 1.29 is 14.3 Å². The van der Waals surface area contributed by atoms with E-state index in [1.165, 1.54) is 11.8 Å². The largest absolute Gasteiger partial charge is 0.495 e. The van der Waals surface area contributed by atoms with Gasteiger partial charge in [0.15, 0.2) is 0 Å². The van der Waals surface area contributed by atoms with Crippen LogP contribution in [0.5, 0.6) is 5.75 Å². The lowest BCUT2D eigenvalue weighted by Gasteiger charge is -2.18. The lowest BCUT2D eigenvalue weighted by molar-refractivity contribution is -0.116. The van der Waals surface area contributed by atoms with Crippen molar-refractivity contribution >= 4 is 46.6 Å². The van der Waals surface area contributed by atoms with Gasteiger partial charge >= 0.3 is 0 Å². The number of unbranched alkanes of at least 4 members (excludes halogenated alkanes) is 1. The number of nitrogens with one attached hydrogen (secondary N) is 2. The molecule has 1 atom stereocenters. The van der Waals surface area contributed by atoms with E-state index in [0.717, 1.165) is 29.0 Å². The summed E-state index contributed by atoms with van der Waals surface area (Å²) in [6.45, 7) is 2.06. The highest BCUT2D eigenvalue weighted by molar-refractivity contribution is 8.00. The second-order valence-electron chi connectivity index (χ2n) is 7.42. The van der Waals surface area contributed by atoms with Gasteiger partial charge in [0, 0.05) is 22.7 Å². The highest BCUT2D eigenvalue weighted by Crippen LogP contribution is 2.37. The molecule has 0 aliphatic carbocycles. The zero-order valence-electron chi connectivity index (χ0n) is 18.6. The van der Waals surface area contributed by atoms with E-state index in [4.69, 9.17) is 16.3 Å². The molecule has 0 aliphatic heterocycles. The predicted molar refractivity (Wildman–Crippen MR) is 136 cm³/mol. The van der Waals surface area contributed by atoms with Crippen molar-refractivity contribution in [3.63, 3.8) is 0 Å². The molecule has 172 valence electrons. The van der Waals surface area contributed by atoms with Gasteiger partial charge in [0.25, 0.3) is 0 Å². The van der Waals surface area contributed by atoms with E-state index in [0.29, 0.717) is 22.9 Å². The van der Waals surface area contributed by atoms with Crippen molar-refractivity contribution in [1.82, 2.24) is 0 Å². The summed E-state index contributed by atoms with van der Waals surface area (Å²) in [7, 11) is 1.55. The van der Waals surface area contributed by atoms with Crippen molar-refractivity contribution in [2.75, 3.05) is 17.7 Å². The minimum atomic E-state index is -0.475. The third-order valence-corrected chi connectivity index (χ3v) is 6.47. The van der Waals surface area contributed by atoms with Crippen molar-refractivity contribution in [3.8, 4) is 5.75 Å². The number of hydrogen-bond donors (Lipinski definition) is 2. The molecule has 33 heavy (non-hydrogen) atoms. The number of carbonyl (C=O) groups excluding carboxylic acids is 2. The Balaban J connectivity index is 1.74. The zero-order valence-corrected chi connectivity index (χ0v) is 20.2. The van der Waals surface area contributed by atoms with Crippen molar-refractivity contribution in [2.24, 2.45) is 0 Å². The summed E-state index contributed by atoms with van der Waals surface area (Å²) in [5.41, 5.74) is 2.23. The van der Waals surface area contributed by atoms with Crippen LogP contribution >= 0.6 is 23.4 Å². The van der Waals surface area contributed by atoms with E-state index in [2.05, 4.69) is 17.6 Å². The molecular weight excluding hydrogens is 456 g/mol.